The standard InChI is InChI=1S/C22H28ClNO4/c1-5-27-19-11-17(12-24-20(14(2)3)22(25)26)10-18(23)21(19)28-13-16-8-6-7-15(4)9-16/h6-11,14,20,24H,5,12-13H2,1-4H3,(H,25,26). The summed E-state index contributed by atoms with van der Waals surface area (Å²) in [4.78, 5) is 11.4. The van der Waals surface area contributed by atoms with Gasteiger partial charge in [-0.15, -0.1) is 0 Å². The minimum Gasteiger partial charge on any atom is -0.490 e. The van der Waals surface area contributed by atoms with Crippen LogP contribution in [0.5, 0.6) is 11.5 Å². The van der Waals surface area contributed by atoms with E-state index >= 15 is 0 Å². The molecule has 2 aromatic carbocycles. The third-order valence-electron chi connectivity index (χ3n) is 4.29. The van der Waals surface area contributed by atoms with Crippen LogP contribution in [-0.4, -0.2) is 23.7 Å². The number of aliphatic carboxylic acids is 1. The summed E-state index contributed by atoms with van der Waals surface area (Å²) in [5.41, 5.74) is 3.05. The molecule has 1 atom stereocenters. The number of ether oxygens (including phenoxy) is 2. The van der Waals surface area contributed by atoms with Crippen LogP contribution in [0.25, 0.3) is 0 Å². The summed E-state index contributed by atoms with van der Waals surface area (Å²) in [6.07, 6.45) is 0. The van der Waals surface area contributed by atoms with Crippen LogP contribution < -0.4 is 14.8 Å². The van der Waals surface area contributed by atoms with Gasteiger partial charge in [0.1, 0.15) is 12.6 Å². The SMILES string of the molecule is CCOc1cc(CNC(C(=O)O)C(C)C)cc(Cl)c1OCc1cccc(C)c1. The largest absolute Gasteiger partial charge is 0.490 e. The van der Waals surface area contributed by atoms with E-state index in [4.69, 9.17) is 21.1 Å². The maximum absolute atomic E-state index is 11.4. The van der Waals surface area contributed by atoms with Crippen LogP contribution in [0.1, 0.15) is 37.5 Å². The van der Waals surface area contributed by atoms with Crippen LogP contribution in [0.15, 0.2) is 36.4 Å². The summed E-state index contributed by atoms with van der Waals surface area (Å²) >= 11 is 6.46. The highest BCUT2D eigenvalue weighted by Gasteiger charge is 2.21. The van der Waals surface area contributed by atoms with Gasteiger partial charge in [-0.1, -0.05) is 55.3 Å². The van der Waals surface area contributed by atoms with E-state index in [9.17, 15) is 9.90 Å². The van der Waals surface area contributed by atoms with E-state index in [-0.39, 0.29) is 5.92 Å². The van der Waals surface area contributed by atoms with Crippen molar-refractivity contribution in [2.24, 2.45) is 5.92 Å². The van der Waals surface area contributed by atoms with Crippen LogP contribution in [0.3, 0.4) is 0 Å². The first-order valence-electron chi connectivity index (χ1n) is 9.41. The van der Waals surface area contributed by atoms with Gasteiger partial charge in [-0.05, 0) is 43.0 Å². The van der Waals surface area contributed by atoms with Crippen molar-refractivity contribution < 1.29 is 19.4 Å². The lowest BCUT2D eigenvalue weighted by atomic mass is 10.0. The fourth-order valence-electron chi connectivity index (χ4n) is 2.92. The van der Waals surface area contributed by atoms with E-state index in [0.717, 1.165) is 16.7 Å². The molecule has 1 unspecified atom stereocenters. The minimum atomic E-state index is -0.871. The lowest BCUT2D eigenvalue weighted by molar-refractivity contribution is -0.140. The van der Waals surface area contributed by atoms with E-state index in [1.54, 1.807) is 6.07 Å². The van der Waals surface area contributed by atoms with Gasteiger partial charge in [0.25, 0.3) is 0 Å². The lowest BCUT2D eigenvalue weighted by Gasteiger charge is -2.19. The summed E-state index contributed by atoms with van der Waals surface area (Å²) < 4.78 is 11.7. The molecule has 0 aliphatic carbocycles. The van der Waals surface area contributed by atoms with Gasteiger partial charge in [0, 0.05) is 6.54 Å². The van der Waals surface area contributed by atoms with Crippen LogP contribution >= 0.6 is 11.6 Å². The van der Waals surface area contributed by atoms with E-state index in [0.29, 0.717) is 36.3 Å². The van der Waals surface area contributed by atoms with Gasteiger partial charge in [0.05, 0.1) is 11.6 Å². The second-order valence-electron chi connectivity index (χ2n) is 7.06. The minimum absolute atomic E-state index is 0.0312. The predicted molar refractivity (Wildman–Crippen MR) is 111 cm³/mol. The first-order chi connectivity index (χ1) is 13.3. The molecule has 0 bridgehead atoms. The van der Waals surface area contributed by atoms with Gasteiger partial charge >= 0.3 is 5.97 Å². The molecule has 0 fully saturated rings. The maximum Gasteiger partial charge on any atom is 0.320 e. The van der Waals surface area contributed by atoms with Crippen molar-refractivity contribution in [1.29, 1.82) is 0 Å². The number of hydrogen-bond donors (Lipinski definition) is 2. The average Bonchev–Trinajstić information content (AvgIpc) is 2.61. The Bertz CT molecular complexity index is 807. The van der Waals surface area contributed by atoms with Gasteiger partial charge in [0.2, 0.25) is 0 Å². The fraction of sp³-hybridized carbons (Fsp3) is 0.409. The molecule has 0 spiro atoms. The Morgan fingerprint density at radius 1 is 1.18 bits per heavy atom. The molecule has 6 heteroatoms. The van der Waals surface area contributed by atoms with E-state index in [1.165, 1.54) is 0 Å². The topological polar surface area (TPSA) is 67.8 Å². The fourth-order valence-corrected chi connectivity index (χ4v) is 3.21. The summed E-state index contributed by atoms with van der Waals surface area (Å²) in [5.74, 6) is 0.142. The number of aryl methyl sites for hydroxylation is 1. The molecule has 152 valence electrons. The second kappa shape index (κ2) is 10.3. The number of benzene rings is 2. The van der Waals surface area contributed by atoms with E-state index in [1.807, 2.05) is 52.0 Å². The van der Waals surface area contributed by atoms with Gasteiger partial charge in [-0.25, -0.2) is 0 Å². The summed E-state index contributed by atoms with van der Waals surface area (Å²) in [6, 6.07) is 11.1. The Morgan fingerprint density at radius 2 is 1.93 bits per heavy atom. The van der Waals surface area contributed by atoms with Crippen molar-refractivity contribution in [3.8, 4) is 11.5 Å². The molecule has 0 heterocycles. The van der Waals surface area contributed by atoms with Crippen molar-refractivity contribution in [3.05, 3.63) is 58.1 Å². The number of nitrogens with one attached hydrogen (secondary N) is 1. The number of rotatable bonds is 10. The molecular weight excluding hydrogens is 378 g/mol. The van der Waals surface area contributed by atoms with Gasteiger partial charge < -0.3 is 19.9 Å². The first kappa shape index (κ1) is 22.1. The Balaban J connectivity index is 2.17. The molecule has 2 rings (SSSR count). The number of carboxylic acid groups (broad SMARTS) is 1. The van der Waals surface area contributed by atoms with Crippen molar-refractivity contribution >= 4 is 17.6 Å². The Labute approximate surface area is 171 Å². The quantitative estimate of drug-likeness (QED) is 0.592. The number of carbonyl (C=O) groups is 1. The third-order valence-corrected chi connectivity index (χ3v) is 4.57. The molecule has 28 heavy (non-hydrogen) atoms. The molecular formula is C22H28ClNO4. The lowest BCUT2D eigenvalue weighted by Crippen LogP contribution is -2.40. The zero-order chi connectivity index (χ0) is 20.7. The molecule has 0 amide bonds. The number of carboxylic acids is 1. The van der Waals surface area contributed by atoms with Gasteiger partial charge in [0.15, 0.2) is 11.5 Å². The molecule has 2 N–H and O–H groups in total. The predicted octanol–water partition coefficient (Wildman–Crippen LogP) is 4.82. The van der Waals surface area contributed by atoms with Gasteiger partial charge in [-0.3, -0.25) is 4.79 Å². The van der Waals surface area contributed by atoms with Crippen LogP contribution in [0.4, 0.5) is 0 Å². The Morgan fingerprint density at radius 3 is 2.54 bits per heavy atom. The number of halogens is 1. The number of hydrogen-bond acceptors (Lipinski definition) is 4. The maximum atomic E-state index is 11.4. The van der Waals surface area contributed by atoms with Crippen LogP contribution in [0, 0.1) is 12.8 Å². The highest BCUT2D eigenvalue weighted by molar-refractivity contribution is 6.32. The first-order valence-corrected chi connectivity index (χ1v) is 9.79. The van der Waals surface area contributed by atoms with Crippen molar-refractivity contribution in [3.63, 3.8) is 0 Å². The molecule has 0 aliphatic heterocycles. The molecule has 5 nitrogen and oxygen atoms in total. The molecule has 0 saturated heterocycles. The monoisotopic (exact) mass is 405 g/mol. The Hall–Kier alpha value is -2.24. The molecule has 0 saturated carbocycles. The molecule has 2 aromatic rings. The Kier molecular flexibility index (Phi) is 8.15. The summed E-state index contributed by atoms with van der Waals surface area (Å²) in [6.45, 7) is 8.88. The smallest absolute Gasteiger partial charge is 0.320 e. The van der Waals surface area contributed by atoms with Crippen molar-refractivity contribution in [2.45, 2.75) is 46.9 Å². The average molecular weight is 406 g/mol. The summed E-state index contributed by atoms with van der Waals surface area (Å²) in [5, 5.41) is 12.8. The molecule has 0 radical (unpaired) electrons. The van der Waals surface area contributed by atoms with Gasteiger partial charge in [-0.2, -0.15) is 0 Å². The second-order valence-corrected chi connectivity index (χ2v) is 7.46. The van der Waals surface area contributed by atoms with E-state index in [2.05, 4.69) is 11.4 Å². The zero-order valence-corrected chi connectivity index (χ0v) is 17.5. The molecule has 0 aromatic heterocycles. The zero-order valence-electron chi connectivity index (χ0n) is 16.8. The van der Waals surface area contributed by atoms with Crippen molar-refractivity contribution in [2.75, 3.05) is 6.61 Å². The highest BCUT2D eigenvalue weighted by atomic mass is 35.5. The van der Waals surface area contributed by atoms with E-state index < -0.39 is 12.0 Å². The third kappa shape index (κ3) is 6.14. The normalized spacial score (nSPS) is 12.1. The highest BCUT2D eigenvalue weighted by Crippen LogP contribution is 2.37. The summed E-state index contributed by atoms with van der Waals surface area (Å²) in [7, 11) is 0. The van der Waals surface area contributed by atoms with Crippen LogP contribution in [0.2, 0.25) is 5.02 Å². The van der Waals surface area contributed by atoms with Crippen molar-refractivity contribution in [1.82, 2.24) is 5.32 Å². The van der Waals surface area contributed by atoms with Crippen LogP contribution in [-0.2, 0) is 17.9 Å². The molecule has 0 aliphatic rings.